The maximum atomic E-state index is 14.9. The average Bonchev–Trinajstić information content (AvgIpc) is 2.92. The molecule has 0 fully saturated rings. The Hall–Kier alpha value is -2.96. The molecule has 0 unspecified atom stereocenters. The van der Waals surface area contributed by atoms with Crippen LogP contribution in [0.3, 0.4) is 0 Å². The number of ether oxygens (including phenoxy) is 1. The number of pyridine rings is 1. The normalized spacial score (nSPS) is 10.9. The number of aryl methyl sites for hydroxylation is 2. The Labute approximate surface area is 136 Å². The molecule has 0 aliphatic rings. The number of benzene rings is 1. The van der Waals surface area contributed by atoms with Gasteiger partial charge in [-0.2, -0.15) is 0 Å². The van der Waals surface area contributed by atoms with Gasteiger partial charge >= 0.3 is 5.97 Å². The van der Waals surface area contributed by atoms with Gasteiger partial charge in [0, 0.05) is 18.1 Å². The molecule has 0 saturated carbocycles. The van der Waals surface area contributed by atoms with E-state index < -0.39 is 17.6 Å². The highest BCUT2D eigenvalue weighted by atomic mass is 19.1. The highest BCUT2D eigenvalue weighted by Crippen LogP contribution is 2.29. The summed E-state index contributed by atoms with van der Waals surface area (Å²) in [5, 5.41) is 2.65. The number of fused-ring (bicyclic) bond motifs is 1. The van der Waals surface area contributed by atoms with Crippen LogP contribution in [0.15, 0.2) is 30.6 Å². The standard InChI is InChI=1S/C17H15F2N3O2/c1-9-4-5-13(12(18)6-9)21-15-11(17(23)24-3)8-22-10(2)7-20-16(22)14(15)19/h4-8,21H,1-3H3. The van der Waals surface area contributed by atoms with Crippen molar-refractivity contribution in [3.05, 3.63) is 59.0 Å². The Bertz CT molecular complexity index is 951. The molecule has 5 nitrogen and oxygen atoms in total. The van der Waals surface area contributed by atoms with Crippen LogP contribution in [0.1, 0.15) is 21.6 Å². The van der Waals surface area contributed by atoms with Crippen LogP contribution in [0, 0.1) is 25.5 Å². The molecule has 0 amide bonds. The van der Waals surface area contributed by atoms with Gasteiger partial charge < -0.3 is 14.5 Å². The van der Waals surface area contributed by atoms with E-state index in [0.717, 1.165) is 5.56 Å². The van der Waals surface area contributed by atoms with Gasteiger partial charge in [0.2, 0.25) is 0 Å². The first-order chi connectivity index (χ1) is 11.4. The average molecular weight is 331 g/mol. The number of esters is 1. The summed E-state index contributed by atoms with van der Waals surface area (Å²) in [4.78, 5) is 16.0. The third-order valence-electron chi connectivity index (χ3n) is 3.71. The molecule has 0 bridgehead atoms. The number of anilines is 2. The summed E-state index contributed by atoms with van der Waals surface area (Å²) in [7, 11) is 1.20. The number of carbonyl (C=O) groups is 1. The van der Waals surface area contributed by atoms with Crippen molar-refractivity contribution >= 4 is 23.0 Å². The van der Waals surface area contributed by atoms with E-state index >= 15 is 0 Å². The van der Waals surface area contributed by atoms with Crippen LogP contribution >= 0.6 is 0 Å². The highest BCUT2D eigenvalue weighted by Gasteiger charge is 2.22. The maximum absolute atomic E-state index is 14.9. The Morgan fingerprint density at radius 2 is 2.04 bits per heavy atom. The molecule has 3 rings (SSSR count). The number of halogens is 2. The van der Waals surface area contributed by atoms with Crippen molar-refractivity contribution in [3.8, 4) is 0 Å². The molecular weight excluding hydrogens is 316 g/mol. The van der Waals surface area contributed by atoms with Crippen LogP contribution in [-0.2, 0) is 4.74 Å². The lowest BCUT2D eigenvalue weighted by Gasteiger charge is -2.14. The molecule has 0 aliphatic carbocycles. The Morgan fingerprint density at radius 3 is 2.71 bits per heavy atom. The molecule has 124 valence electrons. The van der Waals surface area contributed by atoms with E-state index in [2.05, 4.69) is 10.3 Å². The van der Waals surface area contributed by atoms with Gasteiger partial charge in [0.15, 0.2) is 11.5 Å². The smallest absolute Gasteiger partial charge is 0.341 e. The molecule has 0 radical (unpaired) electrons. The van der Waals surface area contributed by atoms with Crippen molar-refractivity contribution in [2.45, 2.75) is 13.8 Å². The van der Waals surface area contributed by atoms with E-state index in [1.54, 1.807) is 19.9 Å². The summed E-state index contributed by atoms with van der Waals surface area (Å²) in [5.74, 6) is -2.05. The van der Waals surface area contributed by atoms with Gasteiger partial charge in [0.1, 0.15) is 11.4 Å². The summed E-state index contributed by atoms with van der Waals surface area (Å²) in [6.07, 6.45) is 2.90. The number of aromatic nitrogens is 2. The van der Waals surface area contributed by atoms with Gasteiger partial charge in [-0.15, -0.1) is 0 Å². The van der Waals surface area contributed by atoms with Crippen molar-refractivity contribution in [1.82, 2.24) is 9.38 Å². The van der Waals surface area contributed by atoms with E-state index in [4.69, 9.17) is 4.74 Å². The van der Waals surface area contributed by atoms with Crippen LogP contribution in [0.2, 0.25) is 0 Å². The quantitative estimate of drug-likeness (QED) is 0.743. The van der Waals surface area contributed by atoms with Gasteiger partial charge in [0.05, 0.1) is 18.5 Å². The van der Waals surface area contributed by atoms with E-state index in [0.29, 0.717) is 5.69 Å². The van der Waals surface area contributed by atoms with Crippen molar-refractivity contribution in [3.63, 3.8) is 0 Å². The summed E-state index contributed by atoms with van der Waals surface area (Å²) in [5.41, 5.74) is 1.24. The molecular formula is C17H15F2N3O2. The zero-order valence-corrected chi connectivity index (χ0v) is 13.4. The number of nitrogens with one attached hydrogen (secondary N) is 1. The van der Waals surface area contributed by atoms with Gasteiger partial charge in [-0.25, -0.2) is 18.6 Å². The van der Waals surface area contributed by atoms with Gasteiger partial charge in [0.25, 0.3) is 0 Å². The van der Waals surface area contributed by atoms with Gasteiger partial charge in [-0.05, 0) is 31.5 Å². The first-order valence-electron chi connectivity index (χ1n) is 7.20. The number of imidazole rings is 1. The highest BCUT2D eigenvalue weighted by molar-refractivity contribution is 5.97. The second kappa shape index (κ2) is 5.92. The zero-order valence-electron chi connectivity index (χ0n) is 13.4. The van der Waals surface area contributed by atoms with Crippen molar-refractivity contribution in [1.29, 1.82) is 0 Å². The van der Waals surface area contributed by atoms with Crippen LogP contribution < -0.4 is 5.32 Å². The fourth-order valence-electron chi connectivity index (χ4n) is 2.44. The molecule has 1 aromatic carbocycles. The molecule has 1 N–H and O–H groups in total. The third-order valence-corrected chi connectivity index (χ3v) is 3.71. The first-order valence-corrected chi connectivity index (χ1v) is 7.20. The van der Waals surface area contributed by atoms with E-state index in [1.165, 1.54) is 36.0 Å². The van der Waals surface area contributed by atoms with Crippen LogP contribution in [-0.4, -0.2) is 22.5 Å². The molecule has 0 saturated heterocycles. The molecule has 24 heavy (non-hydrogen) atoms. The molecule has 2 heterocycles. The molecule has 0 spiro atoms. The van der Waals surface area contributed by atoms with E-state index in [-0.39, 0.29) is 22.6 Å². The fraction of sp³-hybridized carbons (Fsp3) is 0.176. The number of hydrogen-bond acceptors (Lipinski definition) is 4. The molecule has 0 atom stereocenters. The SMILES string of the molecule is COC(=O)c1cn2c(C)cnc2c(F)c1Nc1ccc(C)cc1F. The molecule has 7 heteroatoms. The largest absolute Gasteiger partial charge is 0.465 e. The lowest BCUT2D eigenvalue weighted by atomic mass is 10.1. The molecule has 0 aliphatic heterocycles. The monoisotopic (exact) mass is 331 g/mol. The number of hydrogen-bond donors (Lipinski definition) is 1. The van der Waals surface area contributed by atoms with Crippen molar-refractivity contribution < 1.29 is 18.3 Å². The van der Waals surface area contributed by atoms with Crippen LogP contribution in [0.5, 0.6) is 0 Å². The zero-order chi connectivity index (χ0) is 17.4. The lowest BCUT2D eigenvalue weighted by Crippen LogP contribution is -2.11. The predicted molar refractivity (Wildman–Crippen MR) is 85.6 cm³/mol. The summed E-state index contributed by atoms with van der Waals surface area (Å²) in [6, 6.07) is 4.47. The third kappa shape index (κ3) is 2.58. The Balaban J connectivity index is 2.21. The van der Waals surface area contributed by atoms with Crippen molar-refractivity contribution in [2.24, 2.45) is 0 Å². The minimum Gasteiger partial charge on any atom is -0.465 e. The lowest BCUT2D eigenvalue weighted by molar-refractivity contribution is 0.0601. The Kier molecular flexibility index (Phi) is 3.92. The van der Waals surface area contributed by atoms with Crippen molar-refractivity contribution in [2.75, 3.05) is 12.4 Å². The minimum atomic E-state index is -0.758. The predicted octanol–water partition coefficient (Wildman–Crippen LogP) is 3.76. The second-order valence-electron chi connectivity index (χ2n) is 5.42. The number of methoxy groups -OCH3 is 1. The molecule has 2 aromatic heterocycles. The second-order valence-corrected chi connectivity index (χ2v) is 5.42. The summed E-state index contributed by atoms with van der Waals surface area (Å²) in [6.45, 7) is 3.47. The first kappa shape index (κ1) is 15.9. The summed E-state index contributed by atoms with van der Waals surface area (Å²) < 4.78 is 35.1. The Morgan fingerprint density at radius 1 is 1.29 bits per heavy atom. The van der Waals surface area contributed by atoms with E-state index in [9.17, 15) is 13.6 Å². The molecule has 3 aromatic rings. The van der Waals surface area contributed by atoms with Gasteiger partial charge in [-0.1, -0.05) is 6.07 Å². The minimum absolute atomic E-state index is 0.0372. The van der Waals surface area contributed by atoms with Crippen LogP contribution in [0.25, 0.3) is 5.65 Å². The number of carbonyl (C=O) groups excluding carboxylic acids is 1. The fourth-order valence-corrected chi connectivity index (χ4v) is 2.44. The maximum Gasteiger partial charge on any atom is 0.341 e. The topological polar surface area (TPSA) is 55.6 Å². The van der Waals surface area contributed by atoms with E-state index in [1.807, 2.05) is 0 Å². The van der Waals surface area contributed by atoms with Gasteiger partial charge in [-0.3, -0.25) is 0 Å². The number of nitrogens with zero attached hydrogens (tertiary/aromatic N) is 2. The van der Waals surface area contributed by atoms with Crippen LogP contribution in [0.4, 0.5) is 20.2 Å². The summed E-state index contributed by atoms with van der Waals surface area (Å²) >= 11 is 0. The number of rotatable bonds is 3.